The molecule has 0 aliphatic rings. The van der Waals surface area contributed by atoms with Crippen molar-refractivity contribution in [2.45, 2.75) is 0 Å². The topological polar surface area (TPSA) is 93.6 Å². The SMILES string of the molecule is O=c1[nH][nH]c(-c2cccc(O)c2)c1N=Nc1cc(Cl)ccc1Cl. The van der Waals surface area contributed by atoms with Gasteiger partial charge in [0, 0.05) is 10.6 Å². The quantitative estimate of drug-likeness (QED) is 0.593. The van der Waals surface area contributed by atoms with Crippen molar-refractivity contribution in [2.24, 2.45) is 10.2 Å². The third kappa shape index (κ3) is 3.28. The van der Waals surface area contributed by atoms with E-state index in [-0.39, 0.29) is 11.4 Å². The molecule has 0 saturated carbocycles. The highest BCUT2D eigenvalue weighted by Gasteiger charge is 2.12. The average Bonchev–Trinajstić information content (AvgIpc) is 2.89. The number of phenolic OH excluding ortho intramolecular Hbond substituents is 1. The Labute approximate surface area is 140 Å². The van der Waals surface area contributed by atoms with Crippen molar-refractivity contribution >= 4 is 34.6 Å². The molecule has 3 aromatic rings. The molecule has 1 heterocycles. The summed E-state index contributed by atoms with van der Waals surface area (Å²) in [4.78, 5) is 11.9. The highest BCUT2D eigenvalue weighted by Crippen LogP contribution is 2.32. The molecule has 0 aliphatic carbocycles. The van der Waals surface area contributed by atoms with Crippen molar-refractivity contribution in [2.75, 3.05) is 0 Å². The first kappa shape index (κ1) is 15.3. The summed E-state index contributed by atoms with van der Waals surface area (Å²) in [7, 11) is 0. The first-order valence-electron chi connectivity index (χ1n) is 6.51. The maximum Gasteiger partial charge on any atom is 0.292 e. The number of benzene rings is 2. The third-order valence-corrected chi connectivity index (χ3v) is 3.61. The molecule has 2 aromatic carbocycles. The Balaban J connectivity index is 2.04. The standard InChI is InChI=1S/C15H10Cl2N4O2/c16-9-4-5-11(17)12(7-9)18-20-14-13(19-21-15(14)23)8-2-1-3-10(22)6-8/h1-7,22H,(H2,19,21,23). The van der Waals surface area contributed by atoms with Gasteiger partial charge in [-0.3, -0.25) is 15.0 Å². The molecule has 0 amide bonds. The normalized spacial score (nSPS) is 11.2. The Kier molecular flexibility index (Phi) is 4.18. The number of hydrogen-bond acceptors (Lipinski definition) is 4. The Morgan fingerprint density at radius 1 is 1.00 bits per heavy atom. The summed E-state index contributed by atoms with van der Waals surface area (Å²) in [5, 5.41) is 23.5. The van der Waals surface area contributed by atoms with Crippen LogP contribution in [0.2, 0.25) is 10.0 Å². The maximum absolute atomic E-state index is 11.9. The highest BCUT2D eigenvalue weighted by atomic mass is 35.5. The molecule has 116 valence electrons. The number of rotatable bonds is 3. The van der Waals surface area contributed by atoms with Crippen molar-refractivity contribution < 1.29 is 5.11 Å². The molecule has 8 heteroatoms. The third-order valence-electron chi connectivity index (χ3n) is 3.05. The minimum atomic E-state index is -0.440. The summed E-state index contributed by atoms with van der Waals surface area (Å²) < 4.78 is 0. The Morgan fingerprint density at radius 2 is 1.83 bits per heavy atom. The second-order valence-corrected chi connectivity index (χ2v) is 5.49. The summed E-state index contributed by atoms with van der Waals surface area (Å²) in [6.07, 6.45) is 0. The van der Waals surface area contributed by atoms with Crippen LogP contribution in [0.5, 0.6) is 5.75 Å². The van der Waals surface area contributed by atoms with Crippen LogP contribution in [0.1, 0.15) is 0 Å². The zero-order valence-electron chi connectivity index (χ0n) is 11.5. The lowest BCUT2D eigenvalue weighted by Gasteiger charge is -2.00. The van der Waals surface area contributed by atoms with Crippen LogP contribution in [0.4, 0.5) is 11.4 Å². The molecule has 0 unspecified atom stereocenters. The van der Waals surface area contributed by atoms with Crippen LogP contribution in [0.25, 0.3) is 11.3 Å². The zero-order chi connectivity index (χ0) is 16.4. The predicted molar refractivity (Wildman–Crippen MR) is 89.2 cm³/mol. The Morgan fingerprint density at radius 3 is 2.61 bits per heavy atom. The molecule has 0 atom stereocenters. The number of aromatic nitrogens is 2. The molecule has 1 aromatic heterocycles. The van der Waals surface area contributed by atoms with Gasteiger partial charge in [0.1, 0.15) is 11.4 Å². The lowest BCUT2D eigenvalue weighted by molar-refractivity contribution is 0.475. The summed E-state index contributed by atoms with van der Waals surface area (Å²) >= 11 is 11.9. The molecule has 0 saturated heterocycles. The van der Waals surface area contributed by atoms with Crippen LogP contribution >= 0.6 is 23.2 Å². The molecular formula is C15H10Cl2N4O2. The second kappa shape index (κ2) is 6.28. The molecule has 0 spiro atoms. The number of H-pyrrole nitrogens is 2. The number of halogens is 2. The minimum absolute atomic E-state index is 0.0744. The molecule has 3 N–H and O–H groups in total. The van der Waals surface area contributed by atoms with E-state index in [1.807, 2.05) is 0 Å². The molecule has 0 fully saturated rings. The number of hydrogen-bond donors (Lipinski definition) is 3. The van der Waals surface area contributed by atoms with Gasteiger partial charge in [-0.2, -0.15) is 0 Å². The van der Waals surface area contributed by atoms with Gasteiger partial charge < -0.3 is 5.11 Å². The second-order valence-electron chi connectivity index (χ2n) is 4.65. The van der Waals surface area contributed by atoms with Gasteiger partial charge >= 0.3 is 0 Å². The van der Waals surface area contributed by atoms with Crippen molar-refractivity contribution in [3.8, 4) is 17.0 Å². The fraction of sp³-hybridized carbons (Fsp3) is 0. The van der Waals surface area contributed by atoms with E-state index < -0.39 is 5.56 Å². The van der Waals surface area contributed by atoms with Gasteiger partial charge in [0.15, 0.2) is 5.69 Å². The smallest absolute Gasteiger partial charge is 0.292 e. The highest BCUT2D eigenvalue weighted by molar-refractivity contribution is 6.35. The number of nitrogens with one attached hydrogen (secondary N) is 2. The van der Waals surface area contributed by atoms with Crippen LogP contribution in [0.3, 0.4) is 0 Å². The van der Waals surface area contributed by atoms with Gasteiger partial charge in [-0.15, -0.1) is 10.2 Å². The molecule has 23 heavy (non-hydrogen) atoms. The lowest BCUT2D eigenvalue weighted by Crippen LogP contribution is -1.96. The van der Waals surface area contributed by atoms with Gasteiger partial charge in [0.2, 0.25) is 0 Å². The number of phenols is 1. The number of aromatic amines is 2. The summed E-state index contributed by atoms with van der Waals surface area (Å²) in [6, 6.07) is 11.2. The van der Waals surface area contributed by atoms with Crippen molar-refractivity contribution in [3.63, 3.8) is 0 Å². The summed E-state index contributed by atoms with van der Waals surface area (Å²) in [5.41, 5.74) is 0.987. The van der Waals surface area contributed by atoms with E-state index in [0.29, 0.717) is 27.0 Å². The predicted octanol–water partition coefficient (Wildman–Crippen LogP) is 4.80. The molecule has 0 aliphatic heterocycles. The van der Waals surface area contributed by atoms with Crippen LogP contribution in [-0.4, -0.2) is 15.3 Å². The van der Waals surface area contributed by atoms with E-state index >= 15 is 0 Å². The Bertz CT molecular complexity index is 947. The molecule has 0 bridgehead atoms. The molecule has 6 nitrogen and oxygen atoms in total. The first-order chi connectivity index (χ1) is 11.0. The van der Waals surface area contributed by atoms with Crippen LogP contribution in [-0.2, 0) is 0 Å². The van der Waals surface area contributed by atoms with Gasteiger partial charge in [-0.05, 0) is 30.3 Å². The van der Waals surface area contributed by atoms with Gasteiger partial charge in [-0.25, -0.2) is 0 Å². The van der Waals surface area contributed by atoms with Crippen LogP contribution in [0, 0.1) is 0 Å². The fourth-order valence-corrected chi connectivity index (χ4v) is 2.30. The largest absolute Gasteiger partial charge is 0.508 e. The van der Waals surface area contributed by atoms with E-state index in [2.05, 4.69) is 20.4 Å². The fourth-order valence-electron chi connectivity index (χ4n) is 1.98. The minimum Gasteiger partial charge on any atom is -0.508 e. The lowest BCUT2D eigenvalue weighted by atomic mass is 10.1. The van der Waals surface area contributed by atoms with Crippen LogP contribution < -0.4 is 5.56 Å². The summed E-state index contributed by atoms with van der Waals surface area (Å²) in [5.74, 6) is 0.0744. The van der Waals surface area contributed by atoms with E-state index in [9.17, 15) is 9.90 Å². The van der Waals surface area contributed by atoms with Crippen molar-refractivity contribution in [1.29, 1.82) is 0 Å². The summed E-state index contributed by atoms with van der Waals surface area (Å²) in [6.45, 7) is 0. The monoisotopic (exact) mass is 348 g/mol. The average molecular weight is 349 g/mol. The van der Waals surface area contributed by atoms with E-state index in [4.69, 9.17) is 23.2 Å². The van der Waals surface area contributed by atoms with Crippen LogP contribution in [0.15, 0.2) is 57.5 Å². The van der Waals surface area contributed by atoms with Gasteiger partial charge in [0.25, 0.3) is 5.56 Å². The Hall–Kier alpha value is -2.57. The van der Waals surface area contributed by atoms with E-state index in [0.717, 1.165) is 0 Å². The van der Waals surface area contributed by atoms with Crippen molar-refractivity contribution in [3.05, 3.63) is 62.9 Å². The molecule has 3 rings (SSSR count). The zero-order valence-corrected chi connectivity index (χ0v) is 13.1. The number of nitrogens with zero attached hydrogens (tertiary/aromatic N) is 2. The van der Waals surface area contributed by atoms with Gasteiger partial charge in [-0.1, -0.05) is 35.3 Å². The van der Waals surface area contributed by atoms with E-state index in [1.54, 1.807) is 30.3 Å². The maximum atomic E-state index is 11.9. The van der Waals surface area contributed by atoms with Crippen molar-refractivity contribution in [1.82, 2.24) is 10.2 Å². The first-order valence-corrected chi connectivity index (χ1v) is 7.27. The number of azo groups is 1. The van der Waals surface area contributed by atoms with Gasteiger partial charge in [0.05, 0.1) is 10.7 Å². The molecular weight excluding hydrogens is 339 g/mol. The molecule has 0 radical (unpaired) electrons. The van der Waals surface area contributed by atoms with E-state index in [1.165, 1.54) is 12.1 Å². The number of aromatic hydroxyl groups is 1.